The SMILES string of the molecule is CC(C)[C@@H]1CC[C@@H](C)C[C@H]1O.[H-].[H-].[Na+].[Na+]. The molecule has 0 unspecified atom stereocenters. The number of hydrogen-bond donors (Lipinski definition) is 1. The van der Waals surface area contributed by atoms with E-state index >= 15 is 0 Å². The van der Waals surface area contributed by atoms with Crippen molar-refractivity contribution >= 4 is 0 Å². The predicted molar refractivity (Wildman–Crippen MR) is 49.6 cm³/mol. The zero-order valence-electron chi connectivity index (χ0n) is 11.9. The molecule has 0 bridgehead atoms. The molecule has 0 radical (unpaired) electrons. The zero-order chi connectivity index (χ0) is 8.43. The molecular formula is C10H22Na2O. The minimum Gasteiger partial charge on any atom is -1.00 e. The Hall–Kier alpha value is 1.96. The molecule has 1 aliphatic carbocycles. The fourth-order valence-corrected chi connectivity index (χ4v) is 2.15. The number of aliphatic hydroxyl groups excluding tert-OH is 1. The molecule has 1 rings (SSSR count). The molecule has 0 heterocycles. The molecule has 0 aliphatic heterocycles. The van der Waals surface area contributed by atoms with E-state index in [0.29, 0.717) is 11.8 Å². The van der Waals surface area contributed by atoms with Crippen LogP contribution in [0, 0.1) is 17.8 Å². The van der Waals surface area contributed by atoms with Crippen LogP contribution in [-0.4, -0.2) is 11.2 Å². The van der Waals surface area contributed by atoms with E-state index in [1.165, 1.54) is 12.8 Å². The Morgan fingerprint density at radius 2 is 1.77 bits per heavy atom. The third-order valence-electron chi connectivity index (χ3n) is 2.99. The molecule has 13 heavy (non-hydrogen) atoms. The average Bonchev–Trinajstić information content (AvgIpc) is 1.85. The summed E-state index contributed by atoms with van der Waals surface area (Å²) in [6, 6.07) is 0. The van der Waals surface area contributed by atoms with E-state index in [1.54, 1.807) is 0 Å². The third kappa shape index (κ3) is 5.55. The smallest absolute Gasteiger partial charge is 1.00 e. The third-order valence-corrected chi connectivity index (χ3v) is 2.99. The predicted octanol–water partition coefficient (Wildman–Crippen LogP) is -3.33. The van der Waals surface area contributed by atoms with Crippen molar-refractivity contribution in [1.29, 1.82) is 0 Å². The molecule has 0 saturated heterocycles. The summed E-state index contributed by atoms with van der Waals surface area (Å²) in [5, 5.41) is 9.71. The topological polar surface area (TPSA) is 20.2 Å². The molecule has 0 aromatic carbocycles. The van der Waals surface area contributed by atoms with Gasteiger partial charge in [-0.2, -0.15) is 0 Å². The molecule has 0 aromatic rings. The van der Waals surface area contributed by atoms with Gasteiger partial charge in [0.05, 0.1) is 6.10 Å². The molecule has 0 aromatic heterocycles. The maximum absolute atomic E-state index is 9.71. The zero-order valence-corrected chi connectivity index (χ0v) is 13.9. The second-order valence-electron chi connectivity index (χ2n) is 4.39. The van der Waals surface area contributed by atoms with Gasteiger partial charge in [0.15, 0.2) is 0 Å². The van der Waals surface area contributed by atoms with Crippen molar-refractivity contribution in [3.05, 3.63) is 0 Å². The van der Waals surface area contributed by atoms with Crippen LogP contribution in [-0.2, 0) is 0 Å². The van der Waals surface area contributed by atoms with Gasteiger partial charge >= 0.3 is 59.1 Å². The number of hydrogen-bond acceptors (Lipinski definition) is 1. The molecule has 1 N–H and O–H groups in total. The largest absolute Gasteiger partial charge is 1.00 e. The Morgan fingerprint density at radius 3 is 2.15 bits per heavy atom. The van der Waals surface area contributed by atoms with Crippen LogP contribution in [0.4, 0.5) is 0 Å². The summed E-state index contributed by atoms with van der Waals surface area (Å²) in [7, 11) is 0. The van der Waals surface area contributed by atoms with Crippen molar-refractivity contribution in [2.75, 3.05) is 0 Å². The first-order valence-corrected chi connectivity index (χ1v) is 4.79. The molecule has 70 valence electrons. The monoisotopic (exact) mass is 204 g/mol. The van der Waals surface area contributed by atoms with Crippen LogP contribution < -0.4 is 59.1 Å². The van der Waals surface area contributed by atoms with E-state index in [2.05, 4.69) is 20.8 Å². The quantitative estimate of drug-likeness (QED) is 0.443. The summed E-state index contributed by atoms with van der Waals surface area (Å²) in [5.74, 6) is 1.95. The molecular weight excluding hydrogens is 182 g/mol. The van der Waals surface area contributed by atoms with Crippen molar-refractivity contribution in [3.63, 3.8) is 0 Å². The average molecular weight is 204 g/mol. The molecule has 1 nitrogen and oxygen atoms in total. The summed E-state index contributed by atoms with van der Waals surface area (Å²) >= 11 is 0. The number of aliphatic hydroxyl groups is 1. The van der Waals surface area contributed by atoms with Crippen molar-refractivity contribution in [1.82, 2.24) is 0 Å². The second kappa shape index (κ2) is 8.15. The Kier molecular flexibility index (Phi) is 10.9. The minimum atomic E-state index is -0.0289. The van der Waals surface area contributed by atoms with Crippen molar-refractivity contribution in [2.45, 2.75) is 46.1 Å². The van der Waals surface area contributed by atoms with Gasteiger partial charge < -0.3 is 7.96 Å². The maximum Gasteiger partial charge on any atom is 1.00 e. The molecule has 0 spiro atoms. The van der Waals surface area contributed by atoms with Gasteiger partial charge in [0.1, 0.15) is 0 Å². The van der Waals surface area contributed by atoms with Crippen LogP contribution in [0.15, 0.2) is 0 Å². The van der Waals surface area contributed by atoms with Crippen LogP contribution >= 0.6 is 0 Å². The maximum atomic E-state index is 9.71. The van der Waals surface area contributed by atoms with E-state index in [-0.39, 0.29) is 68.1 Å². The summed E-state index contributed by atoms with van der Waals surface area (Å²) < 4.78 is 0. The van der Waals surface area contributed by atoms with Crippen LogP contribution in [0.25, 0.3) is 0 Å². The van der Waals surface area contributed by atoms with Crippen molar-refractivity contribution < 1.29 is 67.1 Å². The molecule has 3 heteroatoms. The first-order chi connectivity index (χ1) is 5.11. The van der Waals surface area contributed by atoms with Crippen molar-refractivity contribution in [2.24, 2.45) is 17.8 Å². The fraction of sp³-hybridized carbons (Fsp3) is 1.00. The van der Waals surface area contributed by atoms with Crippen molar-refractivity contribution in [3.8, 4) is 0 Å². The standard InChI is InChI=1S/C10H20O.2Na.2H/c1-7(2)9-5-4-8(3)6-10(9)11;;;;/h7-11H,4-6H2,1-3H3;;;;/q;2*+1;2*-1/t8-,9+,10-;;;;/m1..../s1. The van der Waals surface area contributed by atoms with E-state index in [1.807, 2.05) is 0 Å². The van der Waals surface area contributed by atoms with E-state index in [4.69, 9.17) is 0 Å². The van der Waals surface area contributed by atoms with Gasteiger partial charge in [-0.3, -0.25) is 0 Å². The van der Waals surface area contributed by atoms with Crippen LogP contribution in [0.1, 0.15) is 42.9 Å². The van der Waals surface area contributed by atoms with E-state index < -0.39 is 0 Å². The van der Waals surface area contributed by atoms with E-state index in [0.717, 1.165) is 12.3 Å². The van der Waals surface area contributed by atoms with Crippen LogP contribution in [0.5, 0.6) is 0 Å². The van der Waals surface area contributed by atoms with Gasteiger partial charge in [-0.25, -0.2) is 0 Å². The molecule has 1 aliphatic rings. The normalized spacial score (nSPS) is 33.5. The Morgan fingerprint density at radius 1 is 1.23 bits per heavy atom. The Balaban J connectivity index is -0.000000151. The van der Waals surface area contributed by atoms with E-state index in [9.17, 15) is 5.11 Å². The molecule has 1 saturated carbocycles. The molecule has 0 amide bonds. The van der Waals surface area contributed by atoms with Gasteiger partial charge in [0.2, 0.25) is 0 Å². The van der Waals surface area contributed by atoms with Crippen LogP contribution in [0.3, 0.4) is 0 Å². The minimum absolute atomic E-state index is 0. The second-order valence-corrected chi connectivity index (χ2v) is 4.39. The molecule has 1 fully saturated rings. The Labute approximate surface area is 130 Å². The van der Waals surface area contributed by atoms with Gasteiger partial charge in [-0.15, -0.1) is 0 Å². The summed E-state index contributed by atoms with van der Waals surface area (Å²) in [6.45, 7) is 6.66. The summed E-state index contributed by atoms with van der Waals surface area (Å²) in [5.41, 5.74) is 0. The molecule has 3 atom stereocenters. The van der Waals surface area contributed by atoms with Gasteiger partial charge in [0, 0.05) is 0 Å². The first-order valence-electron chi connectivity index (χ1n) is 4.79. The summed E-state index contributed by atoms with van der Waals surface area (Å²) in [6.07, 6.45) is 3.52. The number of rotatable bonds is 1. The fourth-order valence-electron chi connectivity index (χ4n) is 2.15. The van der Waals surface area contributed by atoms with Gasteiger partial charge in [-0.05, 0) is 30.6 Å². The Bertz CT molecular complexity index is 137. The first kappa shape index (κ1) is 17.4. The van der Waals surface area contributed by atoms with Crippen LogP contribution in [0.2, 0.25) is 0 Å². The van der Waals surface area contributed by atoms with Gasteiger partial charge in [0.25, 0.3) is 0 Å². The van der Waals surface area contributed by atoms with Gasteiger partial charge in [-0.1, -0.05) is 27.2 Å². The summed E-state index contributed by atoms with van der Waals surface area (Å²) in [4.78, 5) is 0.